The molecule has 102 valence electrons. The van der Waals surface area contributed by atoms with Crippen LogP contribution in [0.25, 0.3) is 0 Å². The van der Waals surface area contributed by atoms with Crippen molar-refractivity contribution in [2.24, 2.45) is 5.92 Å². The second kappa shape index (κ2) is 6.68. The Balaban J connectivity index is 2.59. The van der Waals surface area contributed by atoms with Gasteiger partial charge < -0.3 is 10.4 Å². The third kappa shape index (κ3) is 4.07. The third-order valence-electron chi connectivity index (χ3n) is 3.03. The summed E-state index contributed by atoms with van der Waals surface area (Å²) in [5.74, 6) is -0.362. The maximum Gasteiger partial charge on any atom is 0.225 e. The number of halogens is 1. The van der Waals surface area contributed by atoms with Gasteiger partial charge in [0.1, 0.15) is 0 Å². The molecule has 5 heteroatoms. The number of aliphatic hydroxyl groups is 1. The number of carbonyl (C=O) groups excluding carboxylic acids is 1. The normalized spacial score (nSPS) is 13.4. The minimum Gasteiger partial charge on any atom is -0.396 e. The Hall–Kier alpha value is -0.390. The summed E-state index contributed by atoms with van der Waals surface area (Å²) >= 11 is 5.13. The minimum absolute atomic E-state index is 0.0660. The molecule has 1 aromatic rings. The van der Waals surface area contributed by atoms with Crippen LogP contribution < -0.4 is 5.32 Å². The zero-order chi connectivity index (χ0) is 13.8. The molecule has 0 spiro atoms. The molecule has 0 aliphatic heterocycles. The van der Waals surface area contributed by atoms with Gasteiger partial charge in [0.05, 0.1) is 16.3 Å². The van der Waals surface area contributed by atoms with Crippen LogP contribution >= 0.6 is 27.3 Å². The Morgan fingerprint density at radius 3 is 2.67 bits per heavy atom. The lowest BCUT2D eigenvalue weighted by Crippen LogP contribution is -2.40. The second-order valence-electron chi connectivity index (χ2n) is 4.99. The summed E-state index contributed by atoms with van der Waals surface area (Å²) in [6.07, 6.45) is 0.660. The standard InChI is InChI=1S/C13H20BrNO2S/c1-4-9(7-16)12(17)15-8-13(2,3)10-5-6-11(14)18-10/h5-6,9,16H,4,7-8H2,1-3H3,(H,15,17). The number of thiophene rings is 1. The molecule has 1 aromatic heterocycles. The van der Waals surface area contributed by atoms with Gasteiger partial charge >= 0.3 is 0 Å². The summed E-state index contributed by atoms with van der Waals surface area (Å²) in [6.45, 7) is 6.60. The van der Waals surface area contributed by atoms with E-state index in [1.807, 2.05) is 13.0 Å². The topological polar surface area (TPSA) is 49.3 Å². The van der Waals surface area contributed by atoms with E-state index in [2.05, 4.69) is 41.2 Å². The van der Waals surface area contributed by atoms with Gasteiger partial charge in [-0.25, -0.2) is 0 Å². The Morgan fingerprint density at radius 2 is 2.22 bits per heavy atom. The highest BCUT2D eigenvalue weighted by atomic mass is 79.9. The van der Waals surface area contributed by atoms with E-state index in [4.69, 9.17) is 5.11 Å². The van der Waals surface area contributed by atoms with Crippen LogP contribution in [0.5, 0.6) is 0 Å². The van der Waals surface area contributed by atoms with Crippen LogP contribution in [0, 0.1) is 5.92 Å². The quantitative estimate of drug-likeness (QED) is 0.840. The van der Waals surface area contributed by atoms with E-state index in [-0.39, 0.29) is 23.8 Å². The average molecular weight is 334 g/mol. The average Bonchev–Trinajstić information content (AvgIpc) is 2.76. The minimum atomic E-state index is -0.295. The van der Waals surface area contributed by atoms with Crippen molar-refractivity contribution in [3.05, 3.63) is 20.8 Å². The van der Waals surface area contributed by atoms with E-state index in [0.717, 1.165) is 3.79 Å². The SMILES string of the molecule is CCC(CO)C(=O)NCC(C)(C)c1ccc(Br)s1. The first kappa shape index (κ1) is 15.7. The number of rotatable bonds is 6. The Bertz CT molecular complexity index is 399. The molecular formula is C13H20BrNO2S. The van der Waals surface area contributed by atoms with Crippen molar-refractivity contribution in [2.45, 2.75) is 32.6 Å². The van der Waals surface area contributed by atoms with Crippen LogP contribution in [0.15, 0.2) is 15.9 Å². The summed E-state index contributed by atoms with van der Waals surface area (Å²) in [6, 6.07) is 4.09. The first-order chi connectivity index (χ1) is 8.40. The van der Waals surface area contributed by atoms with Gasteiger partial charge in [-0.1, -0.05) is 20.8 Å². The highest BCUT2D eigenvalue weighted by Crippen LogP contribution is 2.32. The monoisotopic (exact) mass is 333 g/mol. The van der Waals surface area contributed by atoms with E-state index in [9.17, 15) is 4.79 Å². The van der Waals surface area contributed by atoms with Gasteiger partial charge in [0.15, 0.2) is 0 Å². The summed E-state index contributed by atoms with van der Waals surface area (Å²) in [5, 5.41) is 12.0. The molecule has 3 nitrogen and oxygen atoms in total. The number of nitrogens with one attached hydrogen (secondary N) is 1. The number of carbonyl (C=O) groups is 1. The molecule has 18 heavy (non-hydrogen) atoms. The lowest BCUT2D eigenvalue weighted by atomic mass is 9.91. The van der Waals surface area contributed by atoms with Crippen LogP contribution in [0.4, 0.5) is 0 Å². The lowest BCUT2D eigenvalue weighted by Gasteiger charge is -2.24. The Kier molecular flexibility index (Phi) is 5.82. The first-order valence-electron chi connectivity index (χ1n) is 6.05. The molecule has 0 saturated carbocycles. The number of hydrogen-bond donors (Lipinski definition) is 2. The molecule has 0 saturated heterocycles. The lowest BCUT2D eigenvalue weighted by molar-refractivity contribution is -0.126. The summed E-state index contributed by atoms with van der Waals surface area (Å²) < 4.78 is 1.10. The molecule has 1 amide bonds. The van der Waals surface area contributed by atoms with Gasteiger partial charge in [0.2, 0.25) is 5.91 Å². The molecule has 0 radical (unpaired) electrons. The number of aliphatic hydroxyl groups excluding tert-OH is 1. The van der Waals surface area contributed by atoms with Crippen molar-refractivity contribution in [2.75, 3.05) is 13.2 Å². The zero-order valence-electron chi connectivity index (χ0n) is 11.0. The molecular weight excluding hydrogens is 314 g/mol. The predicted octanol–water partition coefficient (Wildman–Crippen LogP) is 2.92. The molecule has 0 aromatic carbocycles. The van der Waals surface area contributed by atoms with Crippen molar-refractivity contribution < 1.29 is 9.90 Å². The molecule has 1 unspecified atom stereocenters. The number of amides is 1. The van der Waals surface area contributed by atoms with Crippen molar-refractivity contribution in [3.8, 4) is 0 Å². The van der Waals surface area contributed by atoms with E-state index in [1.54, 1.807) is 11.3 Å². The van der Waals surface area contributed by atoms with Gasteiger partial charge in [-0.2, -0.15) is 0 Å². The molecule has 0 fully saturated rings. The first-order valence-corrected chi connectivity index (χ1v) is 7.66. The van der Waals surface area contributed by atoms with Crippen molar-refractivity contribution in [1.82, 2.24) is 5.32 Å². The summed E-state index contributed by atoms with van der Waals surface area (Å²) in [4.78, 5) is 13.0. The third-order valence-corrected chi connectivity index (χ3v) is 5.02. The van der Waals surface area contributed by atoms with E-state index in [0.29, 0.717) is 13.0 Å². The van der Waals surface area contributed by atoms with Crippen molar-refractivity contribution in [1.29, 1.82) is 0 Å². The molecule has 1 rings (SSSR count). The largest absolute Gasteiger partial charge is 0.396 e. The van der Waals surface area contributed by atoms with Crippen LogP contribution in [-0.2, 0) is 10.2 Å². The summed E-state index contributed by atoms with van der Waals surface area (Å²) in [5.41, 5.74) is -0.0971. The molecule has 0 aliphatic rings. The fourth-order valence-electron chi connectivity index (χ4n) is 1.61. The molecule has 1 heterocycles. The van der Waals surface area contributed by atoms with E-state index >= 15 is 0 Å². The highest BCUT2D eigenvalue weighted by Gasteiger charge is 2.24. The molecule has 2 N–H and O–H groups in total. The molecule has 0 aliphatic carbocycles. The van der Waals surface area contributed by atoms with Gasteiger partial charge in [0.25, 0.3) is 0 Å². The van der Waals surface area contributed by atoms with Gasteiger partial charge in [-0.05, 0) is 34.5 Å². The van der Waals surface area contributed by atoms with Gasteiger partial charge in [-0.15, -0.1) is 11.3 Å². The Labute approximate surface area is 121 Å². The fraction of sp³-hybridized carbons (Fsp3) is 0.615. The highest BCUT2D eigenvalue weighted by molar-refractivity contribution is 9.11. The van der Waals surface area contributed by atoms with Crippen LogP contribution in [0.1, 0.15) is 32.1 Å². The smallest absolute Gasteiger partial charge is 0.225 e. The fourth-order valence-corrected chi connectivity index (χ4v) is 3.10. The predicted molar refractivity (Wildman–Crippen MR) is 78.9 cm³/mol. The zero-order valence-corrected chi connectivity index (χ0v) is 13.4. The van der Waals surface area contributed by atoms with Crippen molar-refractivity contribution in [3.63, 3.8) is 0 Å². The number of hydrogen-bond acceptors (Lipinski definition) is 3. The van der Waals surface area contributed by atoms with E-state index in [1.165, 1.54) is 4.88 Å². The van der Waals surface area contributed by atoms with Crippen LogP contribution in [0.2, 0.25) is 0 Å². The van der Waals surface area contributed by atoms with Gasteiger partial charge in [0, 0.05) is 16.8 Å². The maximum absolute atomic E-state index is 11.8. The van der Waals surface area contributed by atoms with Gasteiger partial charge in [-0.3, -0.25) is 4.79 Å². The molecule has 0 bridgehead atoms. The molecule has 1 atom stereocenters. The van der Waals surface area contributed by atoms with E-state index < -0.39 is 0 Å². The Morgan fingerprint density at radius 1 is 1.56 bits per heavy atom. The maximum atomic E-state index is 11.8. The summed E-state index contributed by atoms with van der Waals surface area (Å²) in [7, 11) is 0. The second-order valence-corrected chi connectivity index (χ2v) is 7.46. The van der Waals surface area contributed by atoms with Crippen LogP contribution in [0.3, 0.4) is 0 Å². The van der Waals surface area contributed by atoms with Crippen molar-refractivity contribution >= 4 is 33.2 Å². The van der Waals surface area contributed by atoms with Crippen LogP contribution in [-0.4, -0.2) is 24.2 Å².